The number of carbonyl (C=O) groups excluding carboxylic acids is 1. The van der Waals surface area contributed by atoms with Gasteiger partial charge in [-0.25, -0.2) is 17.5 Å². The SMILES string of the molecule is Cc1ccc(F)c(NC(=O)c2ccc(S(=O)(=O)NCC3CCCO3)cc2)c1. The molecular formula is C19H21FN2O4S. The smallest absolute Gasteiger partial charge is 0.255 e. The lowest BCUT2D eigenvalue weighted by molar-refractivity contribution is 0.102. The zero-order valence-corrected chi connectivity index (χ0v) is 15.7. The van der Waals surface area contributed by atoms with Crippen molar-refractivity contribution >= 4 is 21.6 Å². The Labute approximate surface area is 157 Å². The van der Waals surface area contributed by atoms with Crippen LogP contribution in [0.4, 0.5) is 10.1 Å². The third kappa shape index (κ3) is 4.91. The van der Waals surface area contributed by atoms with Crippen LogP contribution in [0.25, 0.3) is 0 Å². The third-order valence-electron chi connectivity index (χ3n) is 4.32. The molecule has 6 nitrogen and oxygen atoms in total. The average molecular weight is 392 g/mol. The van der Waals surface area contributed by atoms with Crippen LogP contribution < -0.4 is 10.0 Å². The fourth-order valence-electron chi connectivity index (χ4n) is 2.81. The van der Waals surface area contributed by atoms with Gasteiger partial charge in [0.2, 0.25) is 10.0 Å². The van der Waals surface area contributed by atoms with Gasteiger partial charge in [-0.05, 0) is 61.7 Å². The molecule has 2 aromatic carbocycles. The molecule has 1 saturated heterocycles. The molecule has 0 aliphatic carbocycles. The lowest BCUT2D eigenvalue weighted by atomic mass is 10.2. The van der Waals surface area contributed by atoms with E-state index in [1.54, 1.807) is 13.0 Å². The number of nitrogens with one attached hydrogen (secondary N) is 2. The van der Waals surface area contributed by atoms with Crippen LogP contribution in [0.3, 0.4) is 0 Å². The van der Waals surface area contributed by atoms with Crippen molar-refractivity contribution in [1.82, 2.24) is 4.72 Å². The van der Waals surface area contributed by atoms with Crippen molar-refractivity contribution in [3.63, 3.8) is 0 Å². The Bertz CT molecular complexity index is 923. The molecule has 1 heterocycles. The summed E-state index contributed by atoms with van der Waals surface area (Å²) in [6.45, 7) is 2.66. The Balaban J connectivity index is 1.66. The number of hydrogen-bond donors (Lipinski definition) is 2. The molecule has 1 unspecified atom stereocenters. The lowest BCUT2D eigenvalue weighted by Crippen LogP contribution is -2.31. The molecule has 0 saturated carbocycles. The van der Waals surface area contributed by atoms with Gasteiger partial charge >= 0.3 is 0 Å². The summed E-state index contributed by atoms with van der Waals surface area (Å²) in [5.41, 5.74) is 1.12. The molecule has 1 amide bonds. The van der Waals surface area contributed by atoms with E-state index in [4.69, 9.17) is 4.74 Å². The van der Waals surface area contributed by atoms with E-state index in [0.29, 0.717) is 6.61 Å². The Morgan fingerprint density at radius 3 is 2.63 bits per heavy atom. The van der Waals surface area contributed by atoms with Crippen LogP contribution in [0.1, 0.15) is 28.8 Å². The molecule has 27 heavy (non-hydrogen) atoms. The van der Waals surface area contributed by atoms with Crippen LogP contribution in [-0.4, -0.2) is 33.6 Å². The molecular weight excluding hydrogens is 371 g/mol. The van der Waals surface area contributed by atoms with Crippen molar-refractivity contribution in [3.8, 4) is 0 Å². The topological polar surface area (TPSA) is 84.5 Å². The highest BCUT2D eigenvalue weighted by Crippen LogP contribution is 2.18. The molecule has 144 valence electrons. The Morgan fingerprint density at radius 2 is 1.96 bits per heavy atom. The van der Waals surface area contributed by atoms with Crippen LogP contribution in [-0.2, 0) is 14.8 Å². The summed E-state index contributed by atoms with van der Waals surface area (Å²) < 4.78 is 46.3. The van der Waals surface area contributed by atoms with E-state index in [1.165, 1.54) is 36.4 Å². The predicted octanol–water partition coefficient (Wildman–Crippen LogP) is 2.84. The average Bonchev–Trinajstić information content (AvgIpc) is 3.17. The first-order valence-electron chi connectivity index (χ1n) is 8.64. The molecule has 2 N–H and O–H groups in total. The minimum atomic E-state index is -3.68. The number of carbonyl (C=O) groups is 1. The number of sulfonamides is 1. The molecule has 1 aliphatic rings. The minimum absolute atomic E-state index is 0.0544. The van der Waals surface area contributed by atoms with Crippen LogP contribution >= 0.6 is 0 Å². The number of hydrogen-bond acceptors (Lipinski definition) is 4. The van der Waals surface area contributed by atoms with E-state index >= 15 is 0 Å². The molecule has 0 radical (unpaired) electrons. The molecule has 2 aromatic rings. The maximum absolute atomic E-state index is 13.8. The summed E-state index contributed by atoms with van der Waals surface area (Å²) in [4.78, 5) is 12.3. The van der Waals surface area contributed by atoms with Gasteiger partial charge in [-0.3, -0.25) is 4.79 Å². The first-order chi connectivity index (χ1) is 12.8. The summed E-state index contributed by atoms with van der Waals surface area (Å²) in [6, 6.07) is 9.89. The van der Waals surface area contributed by atoms with Crippen LogP contribution in [0.2, 0.25) is 0 Å². The highest BCUT2D eigenvalue weighted by atomic mass is 32.2. The fraction of sp³-hybridized carbons (Fsp3) is 0.316. The van der Waals surface area contributed by atoms with Gasteiger partial charge in [0.1, 0.15) is 5.82 Å². The van der Waals surface area contributed by atoms with Crippen molar-refractivity contribution in [3.05, 3.63) is 59.4 Å². The van der Waals surface area contributed by atoms with E-state index < -0.39 is 21.7 Å². The minimum Gasteiger partial charge on any atom is -0.377 e. The molecule has 1 aliphatic heterocycles. The highest BCUT2D eigenvalue weighted by molar-refractivity contribution is 7.89. The number of aryl methyl sites for hydroxylation is 1. The molecule has 1 atom stereocenters. The second-order valence-corrected chi connectivity index (χ2v) is 8.22. The van der Waals surface area contributed by atoms with Gasteiger partial charge < -0.3 is 10.1 Å². The summed E-state index contributed by atoms with van der Waals surface area (Å²) in [5.74, 6) is -1.05. The van der Waals surface area contributed by atoms with E-state index in [2.05, 4.69) is 10.0 Å². The van der Waals surface area contributed by atoms with Gasteiger partial charge in [-0.1, -0.05) is 6.07 Å². The van der Waals surface area contributed by atoms with E-state index in [0.717, 1.165) is 18.4 Å². The van der Waals surface area contributed by atoms with E-state index in [1.807, 2.05) is 0 Å². The Morgan fingerprint density at radius 1 is 1.22 bits per heavy atom. The normalized spacial score (nSPS) is 17.0. The zero-order chi connectivity index (χ0) is 19.4. The fourth-order valence-corrected chi connectivity index (χ4v) is 3.87. The van der Waals surface area contributed by atoms with Crippen molar-refractivity contribution < 1.29 is 22.3 Å². The molecule has 0 bridgehead atoms. The van der Waals surface area contributed by atoms with Gasteiger partial charge in [0, 0.05) is 18.7 Å². The number of anilines is 1. The van der Waals surface area contributed by atoms with Crippen molar-refractivity contribution in [1.29, 1.82) is 0 Å². The van der Waals surface area contributed by atoms with Gasteiger partial charge in [0.25, 0.3) is 5.91 Å². The lowest BCUT2D eigenvalue weighted by Gasteiger charge is -2.12. The van der Waals surface area contributed by atoms with Gasteiger partial charge in [-0.15, -0.1) is 0 Å². The third-order valence-corrected chi connectivity index (χ3v) is 5.76. The molecule has 3 rings (SSSR count). The first kappa shape index (κ1) is 19.5. The van der Waals surface area contributed by atoms with Gasteiger partial charge in [0.15, 0.2) is 0 Å². The van der Waals surface area contributed by atoms with Crippen molar-refractivity contribution in [2.24, 2.45) is 0 Å². The monoisotopic (exact) mass is 392 g/mol. The second kappa shape index (κ2) is 8.16. The summed E-state index contributed by atoms with van der Waals surface area (Å²) in [7, 11) is -3.68. The quantitative estimate of drug-likeness (QED) is 0.792. The van der Waals surface area contributed by atoms with E-state index in [9.17, 15) is 17.6 Å². The Hall–Kier alpha value is -2.29. The van der Waals surface area contributed by atoms with Crippen LogP contribution in [0.5, 0.6) is 0 Å². The number of halogens is 1. The highest BCUT2D eigenvalue weighted by Gasteiger charge is 2.20. The van der Waals surface area contributed by atoms with Crippen molar-refractivity contribution in [2.45, 2.75) is 30.8 Å². The summed E-state index contributed by atoms with van der Waals surface area (Å²) >= 11 is 0. The van der Waals surface area contributed by atoms with Crippen molar-refractivity contribution in [2.75, 3.05) is 18.5 Å². The maximum atomic E-state index is 13.8. The standard InChI is InChI=1S/C19H21FN2O4S/c1-13-4-9-17(20)18(11-13)22-19(23)14-5-7-16(8-6-14)27(24,25)21-12-15-3-2-10-26-15/h4-9,11,15,21H,2-3,10,12H2,1H3,(H,22,23). The van der Waals surface area contributed by atoms with Gasteiger partial charge in [0.05, 0.1) is 16.7 Å². The maximum Gasteiger partial charge on any atom is 0.255 e. The predicted molar refractivity (Wildman–Crippen MR) is 99.7 cm³/mol. The summed E-state index contributed by atoms with van der Waals surface area (Å²) in [6.07, 6.45) is 1.66. The molecule has 0 aromatic heterocycles. The molecule has 8 heteroatoms. The largest absolute Gasteiger partial charge is 0.377 e. The van der Waals surface area contributed by atoms with Crippen LogP contribution in [0.15, 0.2) is 47.4 Å². The molecule has 0 spiro atoms. The number of ether oxygens (including phenoxy) is 1. The summed E-state index contributed by atoms with van der Waals surface area (Å²) in [5, 5.41) is 2.49. The Kier molecular flexibility index (Phi) is 5.88. The van der Waals surface area contributed by atoms with Gasteiger partial charge in [-0.2, -0.15) is 0 Å². The van der Waals surface area contributed by atoms with E-state index in [-0.39, 0.29) is 28.8 Å². The zero-order valence-electron chi connectivity index (χ0n) is 14.9. The first-order valence-corrected chi connectivity index (χ1v) is 10.1. The number of benzene rings is 2. The number of amides is 1. The molecule has 1 fully saturated rings. The second-order valence-electron chi connectivity index (χ2n) is 6.45. The number of rotatable bonds is 6. The van der Waals surface area contributed by atoms with Crippen LogP contribution in [0, 0.1) is 12.7 Å².